The molecule has 2 aromatic rings. The number of phenolic OH excluding ortho intramolecular Hbond substituents is 2. The molecule has 3 aliphatic heterocycles. The lowest BCUT2D eigenvalue weighted by atomic mass is 9.98. The Bertz CT molecular complexity index is 1380. The summed E-state index contributed by atoms with van der Waals surface area (Å²) >= 11 is 0. The molecule has 0 bridgehead atoms. The summed E-state index contributed by atoms with van der Waals surface area (Å²) in [7, 11) is 0. The fourth-order valence-corrected chi connectivity index (χ4v) is 5.14. The third-order valence-corrected chi connectivity index (χ3v) is 7.60. The van der Waals surface area contributed by atoms with Gasteiger partial charge in [-0.3, -0.25) is 4.79 Å². The summed E-state index contributed by atoms with van der Waals surface area (Å²) in [4.78, 5) is 11.3. The highest BCUT2D eigenvalue weighted by Crippen LogP contribution is 2.46. The first-order valence-corrected chi connectivity index (χ1v) is 13.9. The van der Waals surface area contributed by atoms with Gasteiger partial charge in [0.25, 0.3) is 11.9 Å². The molecule has 0 spiro atoms. The number of carbonyl (C=O) groups excluding carboxylic acids is 1. The number of aromatic hydroxyl groups is 3. The molecule has 2 fully saturated rings. The molecule has 0 saturated carbocycles. The van der Waals surface area contributed by atoms with Crippen molar-refractivity contribution in [1.29, 1.82) is 0 Å². The molecule has 0 aromatic heterocycles. The largest absolute Gasteiger partial charge is 0.571 e. The molecule has 16 heteroatoms. The van der Waals surface area contributed by atoms with Gasteiger partial charge in [0.1, 0.15) is 78.3 Å². The van der Waals surface area contributed by atoms with Crippen molar-refractivity contribution in [2.75, 3.05) is 13.2 Å². The molecule has 3 aliphatic rings. The van der Waals surface area contributed by atoms with E-state index in [2.05, 4.69) is 4.74 Å². The maximum atomic E-state index is 11.3. The third-order valence-electron chi connectivity index (χ3n) is 7.60. The molecule has 11 unspecified atom stereocenters. The van der Waals surface area contributed by atoms with E-state index in [9.17, 15) is 50.8 Å². The lowest BCUT2D eigenvalue weighted by molar-refractivity contribution is -0.296. The van der Waals surface area contributed by atoms with E-state index in [-0.39, 0.29) is 34.3 Å². The Morgan fingerprint density at radius 1 is 0.800 bits per heavy atom. The Hall–Kier alpha value is -3.71. The second-order valence-corrected chi connectivity index (χ2v) is 10.8. The second-order valence-electron chi connectivity index (χ2n) is 10.8. The first-order valence-electron chi connectivity index (χ1n) is 13.9. The van der Waals surface area contributed by atoms with Gasteiger partial charge in [0.05, 0.1) is 18.2 Å². The third kappa shape index (κ3) is 6.79. The van der Waals surface area contributed by atoms with Gasteiger partial charge in [-0.25, -0.2) is 0 Å². The van der Waals surface area contributed by atoms with E-state index < -0.39 is 86.7 Å². The summed E-state index contributed by atoms with van der Waals surface area (Å²) in [6.45, 7) is -0.0124. The van der Waals surface area contributed by atoms with Gasteiger partial charge in [-0.1, -0.05) is 0 Å². The Labute approximate surface area is 255 Å². The molecule has 246 valence electrons. The van der Waals surface area contributed by atoms with Crippen molar-refractivity contribution in [3.63, 3.8) is 0 Å². The molecular formula is C29H35O16+. The number of aliphatic hydroxyl groups excluding tert-OH is 7. The van der Waals surface area contributed by atoms with Crippen LogP contribution in [0.15, 0.2) is 42.2 Å². The zero-order chi connectivity index (χ0) is 32.6. The van der Waals surface area contributed by atoms with E-state index >= 15 is 0 Å². The minimum atomic E-state index is -1.78. The number of ether oxygens (including phenoxy) is 6. The van der Waals surface area contributed by atoms with E-state index in [1.165, 1.54) is 24.3 Å². The van der Waals surface area contributed by atoms with Crippen LogP contribution >= 0.6 is 0 Å². The Morgan fingerprint density at radius 2 is 1.40 bits per heavy atom. The van der Waals surface area contributed by atoms with Crippen LogP contribution in [0.5, 0.6) is 23.0 Å². The molecule has 0 radical (unpaired) electrons. The fraction of sp³-hybridized carbons (Fsp3) is 0.483. The zero-order valence-corrected chi connectivity index (χ0v) is 23.7. The van der Waals surface area contributed by atoms with Crippen LogP contribution in [0.4, 0.5) is 0 Å². The maximum absolute atomic E-state index is 11.3. The summed E-state index contributed by atoms with van der Waals surface area (Å²) in [6, 6.07) is 8.34. The first kappa shape index (κ1) is 32.7. The van der Waals surface area contributed by atoms with Crippen molar-refractivity contribution in [3.8, 4) is 23.0 Å². The predicted octanol–water partition coefficient (Wildman–Crippen LogP) is -2.00. The van der Waals surface area contributed by atoms with Gasteiger partial charge in [0.2, 0.25) is 12.6 Å². The van der Waals surface area contributed by atoms with Gasteiger partial charge in [0.15, 0.2) is 5.76 Å². The lowest BCUT2D eigenvalue weighted by Gasteiger charge is -2.41. The molecule has 3 heterocycles. The van der Waals surface area contributed by atoms with Crippen LogP contribution in [0.3, 0.4) is 0 Å². The summed E-state index contributed by atoms with van der Waals surface area (Å²) in [5.41, 5.74) is 0.643. The highest BCUT2D eigenvalue weighted by Gasteiger charge is 2.48. The number of benzene rings is 2. The molecule has 5 rings (SSSR count). The van der Waals surface area contributed by atoms with E-state index in [0.717, 1.165) is 13.0 Å². The monoisotopic (exact) mass is 639 g/mol. The number of esters is 1. The molecule has 2 saturated heterocycles. The number of fused-ring (bicyclic) bond motifs is 1. The molecule has 16 nitrogen and oxygen atoms in total. The van der Waals surface area contributed by atoms with E-state index in [0.29, 0.717) is 5.56 Å². The minimum absolute atomic E-state index is 0.00333. The number of phenols is 2. The maximum Gasteiger partial charge on any atom is 0.302 e. The van der Waals surface area contributed by atoms with Crippen LogP contribution in [0.1, 0.15) is 24.2 Å². The SMILES string of the molecule is CC(=O)OCC1OC(OC2=Cc3c(OC4OC(CO)C(O)C(O)C4O)cc(O)cc3[OH+]C2c2ccc(O)cc2)C(O)C(O)C1O. The molecule has 45 heavy (non-hydrogen) atoms. The quantitative estimate of drug-likeness (QED) is 0.112. The number of hydrogen-bond acceptors (Lipinski definition) is 15. The predicted molar refractivity (Wildman–Crippen MR) is 147 cm³/mol. The van der Waals surface area contributed by atoms with Crippen molar-refractivity contribution < 1.29 is 79.2 Å². The standard InChI is InChI=1S/C29H34O16/c1-11(31)40-10-20-22(35)24(37)26(39)29(45-20)43-18-8-15-16(41-27(18)12-2-4-13(32)5-3-12)6-14(33)7-17(15)42-28-25(38)23(36)21(34)19(9-30)44-28/h2-8,19-30,32-39H,9-10H2,1H3/p+1. The Morgan fingerprint density at radius 3 is 2.02 bits per heavy atom. The molecule has 10 N–H and O–H groups in total. The number of hydrogen-bond donors (Lipinski definition) is 9. The summed E-state index contributed by atoms with van der Waals surface area (Å²) in [6.07, 6.45) is -15.6. The van der Waals surface area contributed by atoms with Gasteiger partial charge in [-0.05, 0) is 24.3 Å². The van der Waals surface area contributed by atoms with E-state index in [4.69, 9.17) is 23.7 Å². The van der Waals surface area contributed by atoms with E-state index in [1.54, 1.807) is 12.1 Å². The number of aliphatic hydroxyl groups is 8. The summed E-state index contributed by atoms with van der Waals surface area (Å²) < 4.78 is 32.5. The minimum Gasteiger partial charge on any atom is -0.571 e. The number of rotatable bonds is 8. The first-order chi connectivity index (χ1) is 21.4. The van der Waals surface area contributed by atoms with Crippen molar-refractivity contribution in [2.24, 2.45) is 0 Å². The van der Waals surface area contributed by atoms with Crippen LogP contribution in [-0.2, 0) is 23.7 Å². The van der Waals surface area contributed by atoms with Crippen LogP contribution in [0.2, 0.25) is 0 Å². The van der Waals surface area contributed by atoms with Crippen LogP contribution < -0.4 is 4.74 Å². The number of carbonyl (C=O) groups is 1. The smallest absolute Gasteiger partial charge is 0.302 e. The average molecular weight is 640 g/mol. The molecule has 0 aliphatic carbocycles. The van der Waals surface area contributed by atoms with Crippen LogP contribution in [0, 0.1) is 0 Å². The second kappa shape index (κ2) is 13.3. The lowest BCUT2D eigenvalue weighted by Crippen LogP contribution is -2.60. The average Bonchev–Trinajstić information content (AvgIpc) is 3.01. The Balaban J connectivity index is 1.51. The van der Waals surface area contributed by atoms with Crippen molar-refractivity contribution in [3.05, 3.63) is 53.3 Å². The van der Waals surface area contributed by atoms with Gasteiger partial charge in [-0.15, -0.1) is 0 Å². The van der Waals surface area contributed by atoms with Gasteiger partial charge in [0, 0.05) is 19.1 Å². The summed E-state index contributed by atoms with van der Waals surface area (Å²) in [5, 5.41) is 92.3. The van der Waals surface area contributed by atoms with Gasteiger partial charge in [-0.2, -0.15) is 0 Å². The van der Waals surface area contributed by atoms with Gasteiger partial charge >= 0.3 is 5.97 Å². The normalized spacial score (nSPS) is 34.6. The summed E-state index contributed by atoms with van der Waals surface area (Å²) in [5.74, 6) is -0.986. The van der Waals surface area contributed by atoms with E-state index in [1.807, 2.05) is 0 Å². The van der Waals surface area contributed by atoms with Crippen molar-refractivity contribution in [2.45, 2.75) is 74.4 Å². The van der Waals surface area contributed by atoms with Crippen molar-refractivity contribution >= 4 is 12.0 Å². The zero-order valence-electron chi connectivity index (χ0n) is 23.7. The fourth-order valence-electron chi connectivity index (χ4n) is 5.14. The molecule has 11 atom stereocenters. The van der Waals surface area contributed by atoms with Crippen LogP contribution in [0.25, 0.3) is 6.08 Å². The highest BCUT2D eigenvalue weighted by molar-refractivity contribution is 5.70. The topological polar surface area (TPSA) is 258 Å². The molecular weight excluding hydrogens is 604 g/mol. The van der Waals surface area contributed by atoms with Crippen LogP contribution in [-0.4, -0.2) is 131 Å². The van der Waals surface area contributed by atoms with Crippen molar-refractivity contribution in [1.82, 2.24) is 0 Å². The Kier molecular flexibility index (Phi) is 9.68. The molecule has 0 amide bonds. The van der Waals surface area contributed by atoms with Gasteiger partial charge < -0.3 is 74.4 Å². The molecule has 2 aromatic carbocycles. The highest BCUT2D eigenvalue weighted by atomic mass is 16.7.